The van der Waals surface area contributed by atoms with Gasteiger partial charge in [0.1, 0.15) is 0 Å². The minimum Gasteiger partial charge on any atom is -0.307 e. The Morgan fingerprint density at radius 3 is 2.08 bits per heavy atom. The van der Waals surface area contributed by atoms with Gasteiger partial charge in [0.2, 0.25) is 0 Å². The van der Waals surface area contributed by atoms with Crippen LogP contribution < -0.4 is 10.0 Å². The van der Waals surface area contributed by atoms with Gasteiger partial charge in [-0.1, -0.05) is 30.3 Å². The van der Waals surface area contributed by atoms with Gasteiger partial charge in [0.15, 0.2) is 0 Å². The molecule has 2 rings (SSSR count). The fourth-order valence-corrected chi connectivity index (χ4v) is 3.38. The summed E-state index contributed by atoms with van der Waals surface area (Å²) in [6.45, 7) is 4.40. The van der Waals surface area contributed by atoms with Crippen molar-refractivity contribution in [1.29, 1.82) is 0 Å². The normalized spacial score (nSPS) is 11.4. The molecule has 0 spiro atoms. The van der Waals surface area contributed by atoms with E-state index in [1.54, 1.807) is 12.1 Å². The molecule has 6 nitrogen and oxygen atoms in total. The molecular formula is C18H23N3O3S. The van der Waals surface area contributed by atoms with Gasteiger partial charge >= 0.3 is 6.03 Å². The molecule has 0 aromatic heterocycles. The minimum absolute atomic E-state index is 0.0478. The molecule has 2 N–H and O–H groups in total. The van der Waals surface area contributed by atoms with Gasteiger partial charge in [-0.2, -0.15) is 0 Å². The number of hydrogen-bond acceptors (Lipinski definition) is 4. The molecular weight excluding hydrogens is 338 g/mol. The molecule has 0 bridgehead atoms. The van der Waals surface area contributed by atoms with E-state index in [2.05, 4.69) is 5.32 Å². The molecule has 0 radical (unpaired) electrons. The molecule has 2 aromatic rings. The standard InChI is InChI=1S/C18H23N3O3S/c1-13-6-5-7-14(2)17(13)19-18(22)20-25(23,24)16-10-8-15(9-11-16)12-21(3)4/h5-11H,12H2,1-4H3,(H2,19,20,22). The Morgan fingerprint density at radius 2 is 1.56 bits per heavy atom. The monoisotopic (exact) mass is 361 g/mol. The van der Waals surface area contributed by atoms with Crippen LogP contribution in [0.4, 0.5) is 10.5 Å². The van der Waals surface area contributed by atoms with Crippen LogP contribution in [0.2, 0.25) is 0 Å². The summed E-state index contributed by atoms with van der Waals surface area (Å²) < 4.78 is 26.8. The second-order valence-electron chi connectivity index (χ2n) is 6.21. The number of benzene rings is 2. The summed E-state index contributed by atoms with van der Waals surface area (Å²) in [5, 5.41) is 2.61. The number of carbonyl (C=O) groups is 1. The average molecular weight is 361 g/mol. The fraction of sp³-hybridized carbons (Fsp3) is 0.278. The Balaban J connectivity index is 2.11. The number of carbonyl (C=O) groups excluding carboxylic acids is 1. The van der Waals surface area contributed by atoms with Crippen LogP contribution in [-0.2, 0) is 16.6 Å². The lowest BCUT2D eigenvalue weighted by atomic mass is 10.1. The molecule has 0 atom stereocenters. The second kappa shape index (κ2) is 7.67. The van der Waals surface area contributed by atoms with E-state index in [4.69, 9.17) is 0 Å². The molecule has 7 heteroatoms. The van der Waals surface area contributed by atoms with E-state index in [1.165, 1.54) is 12.1 Å². The average Bonchev–Trinajstić information content (AvgIpc) is 2.50. The molecule has 0 saturated carbocycles. The fourth-order valence-electron chi connectivity index (χ4n) is 2.47. The number of sulfonamides is 1. The highest BCUT2D eigenvalue weighted by atomic mass is 32.2. The maximum atomic E-state index is 12.4. The molecule has 2 aromatic carbocycles. The molecule has 134 valence electrons. The maximum absolute atomic E-state index is 12.4. The number of nitrogens with zero attached hydrogens (tertiary/aromatic N) is 1. The summed E-state index contributed by atoms with van der Waals surface area (Å²) in [6.07, 6.45) is 0. The van der Waals surface area contributed by atoms with Crippen LogP contribution in [-0.4, -0.2) is 33.4 Å². The lowest BCUT2D eigenvalue weighted by Crippen LogP contribution is -2.34. The van der Waals surface area contributed by atoms with Gasteiger partial charge in [-0.25, -0.2) is 17.9 Å². The zero-order valence-corrected chi connectivity index (χ0v) is 15.6. The van der Waals surface area contributed by atoms with E-state index < -0.39 is 16.1 Å². The zero-order valence-electron chi connectivity index (χ0n) is 14.8. The maximum Gasteiger partial charge on any atom is 0.333 e. The lowest BCUT2D eigenvalue weighted by molar-refractivity contribution is 0.256. The number of nitrogens with one attached hydrogen (secondary N) is 2. The smallest absolute Gasteiger partial charge is 0.307 e. The highest BCUT2D eigenvalue weighted by Gasteiger charge is 2.18. The van der Waals surface area contributed by atoms with Crippen LogP contribution in [0.3, 0.4) is 0 Å². The van der Waals surface area contributed by atoms with Crippen molar-refractivity contribution < 1.29 is 13.2 Å². The van der Waals surface area contributed by atoms with Crippen molar-refractivity contribution >= 4 is 21.7 Å². The third kappa shape index (κ3) is 5.04. The summed E-state index contributed by atoms with van der Waals surface area (Å²) in [5.74, 6) is 0. The first kappa shape index (κ1) is 19.0. The predicted octanol–water partition coefficient (Wildman–Crippen LogP) is 2.88. The molecule has 0 fully saturated rings. The van der Waals surface area contributed by atoms with Crippen molar-refractivity contribution in [3.63, 3.8) is 0 Å². The summed E-state index contributed by atoms with van der Waals surface area (Å²) in [5.41, 5.74) is 3.32. The molecule has 0 saturated heterocycles. The Labute approximate surface area is 148 Å². The van der Waals surface area contributed by atoms with Gasteiger partial charge in [-0.15, -0.1) is 0 Å². The summed E-state index contributed by atoms with van der Waals surface area (Å²) in [4.78, 5) is 14.1. The molecule has 0 aliphatic heterocycles. The van der Waals surface area contributed by atoms with E-state index in [0.29, 0.717) is 12.2 Å². The number of rotatable bonds is 5. The van der Waals surface area contributed by atoms with Crippen LogP contribution in [0.1, 0.15) is 16.7 Å². The van der Waals surface area contributed by atoms with Gasteiger partial charge in [-0.3, -0.25) is 0 Å². The van der Waals surface area contributed by atoms with E-state index in [1.807, 2.05) is 55.8 Å². The third-order valence-corrected chi connectivity index (χ3v) is 5.03. The Hall–Kier alpha value is -2.38. The molecule has 0 heterocycles. The zero-order chi connectivity index (χ0) is 18.6. The molecule has 0 aliphatic carbocycles. The van der Waals surface area contributed by atoms with Crippen LogP contribution in [0, 0.1) is 13.8 Å². The van der Waals surface area contributed by atoms with E-state index in [0.717, 1.165) is 16.7 Å². The van der Waals surface area contributed by atoms with Gasteiger partial charge in [-0.05, 0) is 56.8 Å². The first-order valence-electron chi connectivity index (χ1n) is 7.83. The van der Waals surface area contributed by atoms with E-state index >= 15 is 0 Å². The van der Waals surface area contributed by atoms with Gasteiger partial charge in [0.05, 0.1) is 4.90 Å². The topological polar surface area (TPSA) is 78.5 Å². The van der Waals surface area contributed by atoms with Crippen molar-refractivity contribution in [2.75, 3.05) is 19.4 Å². The largest absolute Gasteiger partial charge is 0.333 e. The number of para-hydroxylation sites is 1. The highest BCUT2D eigenvalue weighted by molar-refractivity contribution is 7.90. The molecule has 2 amide bonds. The number of urea groups is 1. The Kier molecular flexibility index (Phi) is 5.81. The second-order valence-corrected chi connectivity index (χ2v) is 7.89. The molecule has 0 aliphatic rings. The predicted molar refractivity (Wildman–Crippen MR) is 99.1 cm³/mol. The SMILES string of the molecule is Cc1cccc(C)c1NC(=O)NS(=O)(=O)c1ccc(CN(C)C)cc1. The Morgan fingerprint density at radius 1 is 1.00 bits per heavy atom. The number of aryl methyl sites for hydroxylation is 2. The van der Waals surface area contributed by atoms with Crippen molar-refractivity contribution in [2.24, 2.45) is 0 Å². The van der Waals surface area contributed by atoms with Crippen LogP contribution in [0.15, 0.2) is 47.4 Å². The molecule has 25 heavy (non-hydrogen) atoms. The van der Waals surface area contributed by atoms with Gasteiger partial charge in [0.25, 0.3) is 10.0 Å². The van der Waals surface area contributed by atoms with Gasteiger partial charge < -0.3 is 10.2 Å². The van der Waals surface area contributed by atoms with Crippen molar-refractivity contribution in [2.45, 2.75) is 25.3 Å². The van der Waals surface area contributed by atoms with Crippen molar-refractivity contribution in [1.82, 2.24) is 9.62 Å². The van der Waals surface area contributed by atoms with Crippen molar-refractivity contribution in [3.05, 3.63) is 59.2 Å². The summed E-state index contributed by atoms with van der Waals surface area (Å²) >= 11 is 0. The Bertz CT molecular complexity index is 839. The van der Waals surface area contributed by atoms with Crippen LogP contribution in [0.5, 0.6) is 0 Å². The lowest BCUT2D eigenvalue weighted by Gasteiger charge is -2.13. The van der Waals surface area contributed by atoms with Gasteiger partial charge in [0, 0.05) is 12.2 Å². The highest BCUT2D eigenvalue weighted by Crippen LogP contribution is 2.19. The quantitative estimate of drug-likeness (QED) is 0.858. The first-order chi connectivity index (χ1) is 11.7. The minimum atomic E-state index is -3.93. The number of amides is 2. The summed E-state index contributed by atoms with van der Waals surface area (Å²) in [6, 6.07) is 11.2. The summed E-state index contributed by atoms with van der Waals surface area (Å²) in [7, 11) is -0.0569. The van der Waals surface area contributed by atoms with E-state index in [-0.39, 0.29) is 4.90 Å². The molecule has 0 unspecified atom stereocenters. The first-order valence-corrected chi connectivity index (χ1v) is 9.31. The van der Waals surface area contributed by atoms with Crippen molar-refractivity contribution in [3.8, 4) is 0 Å². The van der Waals surface area contributed by atoms with Crippen LogP contribution in [0.25, 0.3) is 0 Å². The van der Waals surface area contributed by atoms with Crippen LogP contribution >= 0.6 is 0 Å². The third-order valence-electron chi connectivity index (χ3n) is 3.68. The number of anilines is 1. The van der Waals surface area contributed by atoms with E-state index in [9.17, 15) is 13.2 Å². The number of hydrogen-bond donors (Lipinski definition) is 2.